The van der Waals surface area contributed by atoms with Crippen molar-refractivity contribution >= 4 is 5.88 Å². The van der Waals surface area contributed by atoms with Crippen LogP contribution in [0.25, 0.3) is 0 Å². The lowest BCUT2D eigenvalue weighted by atomic mass is 10.1. The van der Waals surface area contributed by atoms with Crippen molar-refractivity contribution in [2.75, 3.05) is 5.73 Å². The van der Waals surface area contributed by atoms with Crippen LogP contribution in [0.1, 0.15) is 25.5 Å². The smallest absolute Gasteiger partial charge is 0.296 e. The van der Waals surface area contributed by atoms with Crippen molar-refractivity contribution in [3.63, 3.8) is 0 Å². The van der Waals surface area contributed by atoms with Gasteiger partial charge < -0.3 is 21.1 Å². The normalized spacial score (nSPS) is 9.43. The first-order valence-corrected chi connectivity index (χ1v) is 3.79. The second-order valence-electron chi connectivity index (χ2n) is 2.82. The van der Waals surface area contributed by atoms with E-state index in [1.807, 2.05) is 20.9 Å². The molecule has 1 rings (SSSR count). The zero-order valence-corrected chi connectivity index (χ0v) is 8.13. The summed E-state index contributed by atoms with van der Waals surface area (Å²) in [6, 6.07) is 0. The summed E-state index contributed by atoms with van der Waals surface area (Å²) in [7, 11) is 1.81. The predicted molar refractivity (Wildman–Crippen MR) is 46.5 cm³/mol. The second kappa shape index (κ2) is 5.00. The molecule has 1 aromatic heterocycles. The fourth-order valence-electron chi connectivity index (χ4n) is 1.01. The molecule has 80 valence electrons. The third kappa shape index (κ3) is 3.70. The molecule has 0 fully saturated rings. The number of rotatable bonds is 1. The van der Waals surface area contributed by atoms with Crippen LogP contribution in [0.2, 0.25) is 0 Å². The zero-order valence-electron chi connectivity index (χ0n) is 8.13. The molecule has 14 heavy (non-hydrogen) atoms. The number of nitrogen functional groups attached to an aromatic ring is 1. The van der Waals surface area contributed by atoms with Crippen molar-refractivity contribution in [1.82, 2.24) is 5.27 Å². The Morgan fingerprint density at radius 1 is 1.57 bits per heavy atom. The van der Waals surface area contributed by atoms with E-state index in [0.29, 0.717) is 11.8 Å². The lowest BCUT2D eigenvalue weighted by Crippen LogP contribution is -2.34. The van der Waals surface area contributed by atoms with Crippen molar-refractivity contribution < 1.29 is 14.3 Å². The predicted octanol–water partition coefficient (Wildman–Crippen LogP) is -0.0344. The molecule has 0 atom stereocenters. The first-order valence-electron chi connectivity index (χ1n) is 3.79. The maximum absolute atomic E-state index is 8.25. The summed E-state index contributed by atoms with van der Waals surface area (Å²) in [5, 5.41) is 18.4. The molecule has 0 radical (unpaired) electrons. The van der Waals surface area contributed by atoms with E-state index in [9.17, 15) is 0 Å². The molecule has 1 aromatic rings. The summed E-state index contributed by atoms with van der Waals surface area (Å²) < 4.78 is 6.40. The maximum Gasteiger partial charge on any atom is 0.296 e. The fraction of sp³-hybridized carbons (Fsp3) is 0.667. The summed E-state index contributed by atoms with van der Waals surface area (Å²) >= 11 is 0. The van der Waals surface area contributed by atoms with Gasteiger partial charge in [-0.05, 0) is 0 Å². The van der Waals surface area contributed by atoms with E-state index >= 15 is 0 Å². The molecule has 0 aliphatic carbocycles. The Kier molecular flexibility index (Phi) is 4.33. The van der Waals surface area contributed by atoms with E-state index in [-0.39, 0.29) is 0 Å². The number of aromatic nitrogens is 2. The Balaban J connectivity index is 0.000000364. The highest BCUT2D eigenvalue weighted by atomic mass is 16.9. The quantitative estimate of drug-likeness (QED) is 0.389. The molecule has 8 heteroatoms. The molecule has 0 amide bonds. The van der Waals surface area contributed by atoms with Crippen LogP contribution in [0.4, 0.5) is 5.88 Å². The van der Waals surface area contributed by atoms with Gasteiger partial charge in [0, 0.05) is 5.92 Å². The minimum absolute atomic E-state index is 0.358. The zero-order chi connectivity index (χ0) is 11.3. The highest BCUT2D eigenvalue weighted by Crippen LogP contribution is 2.15. The van der Waals surface area contributed by atoms with Crippen molar-refractivity contribution in [1.29, 1.82) is 0 Å². The number of nitrogens with two attached hydrogens (primary N) is 1. The van der Waals surface area contributed by atoms with Gasteiger partial charge in [-0.3, -0.25) is 4.52 Å². The van der Waals surface area contributed by atoms with E-state index in [2.05, 4.69) is 5.27 Å². The van der Waals surface area contributed by atoms with E-state index in [1.165, 1.54) is 0 Å². The summed E-state index contributed by atoms with van der Waals surface area (Å²) in [6.45, 7) is 4.09. The average Bonchev–Trinajstić information content (AvgIpc) is 2.29. The molecule has 2 N–H and O–H groups in total. The van der Waals surface area contributed by atoms with Gasteiger partial charge in [-0.2, -0.15) is 0 Å². The number of aryl methyl sites for hydroxylation is 1. The molecule has 0 unspecified atom stereocenters. The Morgan fingerprint density at radius 3 is 2.14 bits per heavy atom. The summed E-state index contributed by atoms with van der Waals surface area (Å²) in [5.41, 5.74) is 6.44. The van der Waals surface area contributed by atoms with E-state index in [1.54, 1.807) is 4.68 Å². The molecule has 0 aliphatic rings. The number of anilines is 1. The van der Waals surface area contributed by atoms with Crippen LogP contribution in [0.5, 0.6) is 0 Å². The molecule has 0 aliphatic heterocycles. The Hall–Kier alpha value is -1.86. The van der Waals surface area contributed by atoms with Crippen LogP contribution in [0, 0.1) is 15.3 Å². The largest absolute Gasteiger partial charge is 0.362 e. The van der Waals surface area contributed by atoms with Gasteiger partial charge in [-0.1, -0.05) is 18.5 Å². The van der Waals surface area contributed by atoms with Gasteiger partial charge in [0.15, 0.2) is 7.05 Å². The minimum atomic E-state index is -1.75. The molecule has 0 spiro atoms. The standard InChI is InChI=1S/C6H12N3O.NO3/c1-4(2)5-6(7)10-8-9(5)3;2-1(3)4/h4H,7H2,1-3H3;/q+1;-1. The molecular weight excluding hydrogens is 192 g/mol. The van der Waals surface area contributed by atoms with Gasteiger partial charge >= 0.3 is 0 Å². The second-order valence-corrected chi connectivity index (χ2v) is 2.82. The minimum Gasteiger partial charge on any atom is -0.362 e. The summed E-state index contributed by atoms with van der Waals surface area (Å²) in [4.78, 5) is 8.25. The third-order valence-electron chi connectivity index (χ3n) is 1.41. The highest BCUT2D eigenvalue weighted by molar-refractivity contribution is 5.27. The van der Waals surface area contributed by atoms with Crippen LogP contribution in [-0.2, 0) is 7.05 Å². The average molecular weight is 204 g/mol. The van der Waals surface area contributed by atoms with Crippen molar-refractivity contribution in [2.24, 2.45) is 7.05 Å². The highest BCUT2D eigenvalue weighted by Gasteiger charge is 2.21. The Bertz CT molecular complexity index is 285. The van der Waals surface area contributed by atoms with Crippen molar-refractivity contribution in [2.45, 2.75) is 19.8 Å². The van der Waals surface area contributed by atoms with E-state index in [0.717, 1.165) is 5.69 Å². The van der Waals surface area contributed by atoms with Gasteiger partial charge in [0.05, 0.1) is 5.09 Å². The van der Waals surface area contributed by atoms with E-state index < -0.39 is 5.09 Å². The van der Waals surface area contributed by atoms with Crippen LogP contribution in [0.3, 0.4) is 0 Å². The molecule has 0 saturated carbocycles. The van der Waals surface area contributed by atoms with Crippen LogP contribution in [-0.4, -0.2) is 10.4 Å². The monoisotopic (exact) mass is 204 g/mol. The van der Waals surface area contributed by atoms with Gasteiger partial charge in [-0.25, -0.2) is 0 Å². The molecule has 0 aromatic carbocycles. The van der Waals surface area contributed by atoms with Crippen molar-refractivity contribution in [3.8, 4) is 0 Å². The van der Waals surface area contributed by atoms with Gasteiger partial charge in [-0.15, -0.1) is 0 Å². The fourth-order valence-corrected chi connectivity index (χ4v) is 1.01. The third-order valence-corrected chi connectivity index (χ3v) is 1.41. The lowest BCUT2D eigenvalue weighted by molar-refractivity contribution is -0.746. The topological polar surface area (TPSA) is 122 Å². The number of hydrogen-bond donors (Lipinski definition) is 1. The first-order chi connectivity index (χ1) is 6.36. The van der Waals surface area contributed by atoms with Gasteiger partial charge in [0.1, 0.15) is 0 Å². The van der Waals surface area contributed by atoms with Gasteiger partial charge in [0.25, 0.3) is 11.6 Å². The van der Waals surface area contributed by atoms with E-state index in [4.69, 9.17) is 25.6 Å². The maximum atomic E-state index is 8.25. The van der Waals surface area contributed by atoms with Crippen LogP contribution in [0.15, 0.2) is 4.52 Å². The Morgan fingerprint density at radius 2 is 2.00 bits per heavy atom. The van der Waals surface area contributed by atoms with Crippen LogP contribution < -0.4 is 10.4 Å². The SMILES string of the molecule is CC(C)c1c(N)on[n+]1C.O=[N+]([O-])[O-]. The van der Waals surface area contributed by atoms with Gasteiger partial charge in [0.2, 0.25) is 5.27 Å². The molecule has 1 heterocycles. The summed E-state index contributed by atoms with van der Waals surface area (Å²) in [6.07, 6.45) is 0. The summed E-state index contributed by atoms with van der Waals surface area (Å²) in [5.74, 6) is 0.772. The number of nitrogens with zero attached hydrogens (tertiary/aromatic N) is 3. The van der Waals surface area contributed by atoms with Crippen molar-refractivity contribution in [3.05, 3.63) is 21.0 Å². The molecular formula is C6H12N4O4. The molecule has 0 bridgehead atoms. The number of hydrogen-bond acceptors (Lipinski definition) is 6. The first kappa shape index (κ1) is 12.1. The molecule has 0 saturated heterocycles. The molecule has 8 nitrogen and oxygen atoms in total. The lowest BCUT2D eigenvalue weighted by Gasteiger charge is -1.92. The Labute approximate surface area is 80.0 Å². The van der Waals surface area contributed by atoms with Crippen LogP contribution >= 0.6 is 0 Å².